The quantitative estimate of drug-likeness (QED) is 0.627. The number of cyclic esters (lactones) is 1. The summed E-state index contributed by atoms with van der Waals surface area (Å²) in [5.74, 6) is -0.369. The molecule has 0 saturated heterocycles. The number of carbonyl (C=O) groups excluding carboxylic acids is 1. The first kappa shape index (κ1) is 9.27. The maximum Gasteiger partial charge on any atom is 0.359 e. The normalized spacial score (nSPS) is 19.3. The van der Waals surface area contributed by atoms with Crippen molar-refractivity contribution in [3.63, 3.8) is 0 Å². The summed E-state index contributed by atoms with van der Waals surface area (Å²) >= 11 is 0. The highest BCUT2D eigenvalue weighted by molar-refractivity contribution is 5.92. The minimum absolute atomic E-state index is 0.115. The first-order chi connectivity index (χ1) is 7.74. The van der Waals surface area contributed by atoms with Gasteiger partial charge in [0, 0.05) is 6.42 Å². The van der Waals surface area contributed by atoms with Crippen molar-refractivity contribution >= 4 is 17.0 Å². The summed E-state index contributed by atoms with van der Waals surface area (Å²) < 4.78 is 5.12. The molecule has 3 rings (SSSR count). The van der Waals surface area contributed by atoms with E-state index in [-0.39, 0.29) is 12.1 Å². The van der Waals surface area contributed by atoms with Crippen LogP contribution in [0.1, 0.15) is 23.1 Å². The number of ether oxygens (including phenoxy) is 1. The van der Waals surface area contributed by atoms with Crippen molar-refractivity contribution in [2.24, 2.45) is 0 Å². The number of hydrogen-bond acceptors (Lipinski definition) is 4. The molecule has 1 atom stereocenters. The highest BCUT2D eigenvalue weighted by atomic mass is 16.5. The maximum absolute atomic E-state index is 11.6. The fourth-order valence-electron chi connectivity index (χ4n) is 1.89. The van der Waals surface area contributed by atoms with Gasteiger partial charge in [-0.1, -0.05) is 12.1 Å². The molecule has 16 heavy (non-hydrogen) atoms. The monoisotopic (exact) mass is 214 g/mol. The number of nitrogens with zero attached hydrogens (tertiary/aromatic N) is 2. The third kappa shape index (κ3) is 1.34. The highest BCUT2D eigenvalue weighted by Gasteiger charge is 2.26. The highest BCUT2D eigenvalue weighted by Crippen LogP contribution is 2.20. The van der Waals surface area contributed by atoms with E-state index in [4.69, 9.17) is 4.74 Å². The van der Waals surface area contributed by atoms with Gasteiger partial charge in [0.25, 0.3) is 0 Å². The molecule has 0 amide bonds. The molecule has 0 aliphatic carbocycles. The van der Waals surface area contributed by atoms with E-state index < -0.39 is 0 Å². The van der Waals surface area contributed by atoms with E-state index in [2.05, 4.69) is 9.97 Å². The lowest BCUT2D eigenvalue weighted by Crippen LogP contribution is -2.27. The van der Waals surface area contributed by atoms with E-state index in [1.807, 2.05) is 31.2 Å². The Labute approximate surface area is 92.3 Å². The lowest BCUT2D eigenvalue weighted by molar-refractivity contribution is 0.0288. The fourth-order valence-corrected chi connectivity index (χ4v) is 1.89. The Morgan fingerprint density at radius 1 is 1.25 bits per heavy atom. The van der Waals surface area contributed by atoms with Crippen LogP contribution < -0.4 is 0 Å². The van der Waals surface area contributed by atoms with Crippen molar-refractivity contribution in [1.82, 2.24) is 9.97 Å². The number of rotatable bonds is 0. The van der Waals surface area contributed by atoms with Gasteiger partial charge in [-0.3, -0.25) is 0 Å². The van der Waals surface area contributed by atoms with Crippen LogP contribution in [-0.4, -0.2) is 22.0 Å². The summed E-state index contributed by atoms with van der Waals surface area (Å²) in [4.78, 5) is 20.4. The van der Waals surface area contributed by atoms with Gasteiger partial charge in [0.05, 0.1) is 16.7 Å². The zero-order valence-corrected chi connectivity index (χ0v) is 8.80. The molecule has 1 unspecified atom stereocenters. The Hall–Kier alpha value is -1.97. The number of esters is 1. The van der Waals surface area contributed by atoms with Gasteiger partial charge in [0.2, 0.25) is 0 Å². The Morgan fingerprint density at radius 3 is 2.69 bits per heavy atom. The van der Waals surface area contributed by atoms with Crippen LogP contribution in [0.4, 0.5) is 0 Å². The van der Waals surface area contributed by atoms with E-state index in [0.29, 0.717) is 12.1 Å². The van der Waals surface area contributed by atoms with Gasteiger partial charge < -0.3 is 4.74 Å². The van der Waals surface area contributed by atoms with Crippen molar-refractivity contribution in [2.45, 2.75) is 19.4 Å². The molecule has 0 fully saturated rings. The number of para-hydroxylation sites is 2. The summed E-state index contributed by atoms with van der Waals surface area (Å²) in [6, 6.07) is 7.52. The second kappa shape index (κ2) is 3.27. The smallest absolute Gasteiger partial charge is 0.359 e. The van der Waals surface area contributed by atoms with Crippen LogP contribution in [0.25, 0.3) is 11.0 Å². The summed E-state index contributed by atoms with van der Waals surface area (Å²) in [5, 5.41) is 0. The zero-order valence-electron chi connectivity index (χ0n) is 8.80. The third-order valence-electron chi connectivity index (χ3n) is 2.63. The van der Waals surface area contributed by atoms with Gasteiger partial charge in [-0.2, -0.15) is 0 Å². The molecule has 80 valence electrons. The van der Waals surface area contributed by atoms with Crippen LogP contribution in [0.2, 0.25) is 0 Å². The summed E-state index contributed by atoms with van der Waals surface area (Å²) in [7, 11) is 0. The van der Waals surface area contributed by atoms with Gasteiger partial charge in [-0.15, -0.1) is 0 Å². The number of benzene rings is 1. The van der Waals surface area contributed by atoms with Crippen molar-refractivity contribution in [3.05, 3.63) is 35.7 Å². The van der Waals surface area contributed by atoms with Crippen LogP contribution in [0.15, 0.2) is 24.3 Å². The lowest BCUT2D eigenvalue weighted by Gasteiger charge is -2.20. The maximum atomic E-state index is 11.6. The van der Waals surface area contributed by atoms with E-state index in [0.717, 1.165) is 16.7 Å². The number of carbonyl (C=O) groups is 1. The summed E-state index contributed by atoms with van der Waals surface area (Å²) in [6.07, 6.45) is 0.522. The van der Waals surface area contributed by atoms with Crippen LogP contribution in [0.3, 0.4) is 0 Å². The van der Waals surface area contributed by atoms with Crippen LogP contribution >= 0.6 is 0 Å². The van der Waals surface area contributed by atoms with Gasteiger partial charge in [-0.25, -0.2) is 14.8 Å². The van der Waals surface area contributed by atoms with Gasteiger partial charge >= 0.3 is 5.97 Å². The Balaban J connectivity index is 2.26. The molecule has 2 heterocycles. The molecule has 4 nitrogen and oxygen atoms in total. The average Bonchev–Trinajstić information content (AvgIpc) is 2.27. The molecule has 2 aromatic rings. The standard InChI is InChI=1S/C12H10N2O2/c1-7-6-10-11(12(15)16-7)14-9-5-3-2-4-8(9)13-10/h2-5,7H,6H2,1H3. The third-order valence-corrected chi connectivity index (χ3v) is 2.63. The Kier molecular flexibility index (Phi) is 1.89. The molecule has 0 radical (unpaired) electrons. The molecule has 0 saturated carbocycles. The second-order valence-electron chi connectivity index (χ2n) is 3.93. The molecule has 1 aromatic heterocycles. The summed E-state index contributed by atoms with van der Waals surface area (Å²) in [6.45, 7) is 1.86. The first-order valence-electron chi connectivity index (χ1n) is 5.20. The van der Waals surface area contributed by atoms with Crippen molar-refractivity contribution in [2.75, 3.05) is 0 Å². The van der Waals surface area contributed by atoms with Gasteiger partial charge in [0.15, 0.2) is 5.69 Å². The SMILES string of the molecule is CC1Cc2nc3ccccc3nc2C(=O)O1. The second-order valence-corrected chi connectivity index (χ2v) is 3.93. The molecular weight excluding hydrogens is 204 g/mol. The predicted molar refractivity (Wildman–Crippen MR) is 58.1 cm³/mol. The van der Waals surface area contributed by atoms with E-state index in [9.17, 15) is 4.79 Å². The largest absolute Gasteiger partial charge is 0.457 e. The first-order valence-corrected chi connectivity index (χ1v) is 5.20. The lowest BCUT2D eigenvalue weighted by atomic mass is 10.1. The zero-order chi connectivity index (χ0) is 11.1. The summed E-state index contributed by atoms with van der Waals surface area (Å²) in [5.41, 5.74) is 2.65. The molecule has 0 bridgehead atoms. The van der Waals surface area contributed by atoms with Crippen molar-refractivity contribution < 1.29 is 9.53 Å². The van der Waals surface area contributed by atoms with Gasteiger partial charge in [-0.05, 0) is 19.1 Å². The van der Waals surface area contributed by atoms with Crippen LogP contribution in [-0.2, 0) is 11.2 Å². The Bertz CT molecular complexity index is 580. The van der Waals surface area contributed by atoms with E-state index in [1.54, 1.807) is 0 Å². The molecule has 1 aliphatic rings. The topological polar surface area (TPSA) is 52.1 Å². The molecule has 1 aliphatic heterocycles. The van der Waals surface area contributed by atoms with Crippen molar-refractivity contribution in [1.29, 1.82) is 0 Å². The molecule has 0 N–H and O–H groups in total. The Morgan fingerprint density at radius 2 is 1.94 bits per heavy atom. The molecule has 1 aromatic carbocycles. The fraction of sp³-hybridized carbons (Fsp3) is 0.250. The van der Waals surface area contributed by atoms with Crippen LogP contribution in [0.5, 0.6) is 0 Å². The van der Waals surface area contributed by atoms with E-state index >= 15 is 0 Å². The van der Waals surface area contributed by atoms with Crippen LogP contribution in [0, 0.1) is 0 Å². The van der Waals surface area contributed by atoms with Crippen molar-refractivity contribution in [3.8, 4) is 0 Å². The van der Waals surface area contributed by atoms with Gasteiger partial charge in [0.1, 0.15) is 6.10 Å². The molecule has 4 heteroatoms. The molecular formula is C12H10N2O2. The minimum Gasteiger partial charge on any atom is -0.457 e. The number of hydrogen-bond donors (Lipinski definition) is 0. The minimum atomic E-state index is -0.369. The average molecular weight is 214 g/mol. The number of aromatic nitrogens is 2. The number of fused-ring (bicyclic) bond motifs is 2. The van der Waals surface area contributed by atoms with E-state index in [1.165, 1.54) is 0 Å². The predicted octanol–water partition coefficient (Wildman–Crippen LogP) is 1.73. The molecule has 0 spiro atoms.